The van der Waals surface area contributed by atoms with Gasteiger partial charge in [0.25, 0.3) is 5.89 Å². The number of carboxylic acids is 1. The average Bonchev–Trinajstić information content (AvgIpc) is 3.30. The molecule has 0 aliphatic heterocycles. The van der Waals surface area contributed by atoms with Crippen molar-refractivity contribution in [3.8, 4) is 10.4 Å². The molecule has 0 atom stereocenters. The van der Waals surface area contributed by atoms with Gasteiger partial charge in [-0.1, -0.05) is 18.2 Å². The van der Waals surface area contributed by atoms with E-state index in [1.54, 1.807) is 12.1 Å². The van der Waals surface area contributed by atoms with Crippen molar-refractivity contribution < 1.29 is 27.9 Å². The standard InChI is InChI=1S/C22H15F2NO4S/c1-10-3-6-14-16(7-10)29-21(25-14)15(26)8-12-9-30-20(17(12)22(27)28)13-5-4-11(2)18(23)19(13)24/h3-7,9H,8H2,1-2H3,(H,27,28). The molecule has 152 valence electrons. The van der Waals surface area contributed by atoms with Crippen LogP contribution in [0.25, 0.3) is 21.5 Å². The highest BCUT2D eigenvalue weighted by molar-refractivity contribution is 7.14. The number of carboxylic acid groups (broad SMARTS) is 1. The van der Waals surface area contributed by atoms with Gasteiger partial charge >= 0.3 is 5.97 Å². The van der Waals surface area contributed by atoms with Gasteiger partial charge in [-0.15, -0.1) is 11.3 Å². The number of aromatic carboxylic acids is 1. The van der Waals surface area contributed by atoms with Crippen molar-refractivity contribution >= 4 is 34.2 Å². The molecule has 0 radical (unpaired) electrons. The van der Waals surface area contributed by atoms with E-state index in [1.165, 1.54) is 24.4 Å². The van der Waals surface area contributed by atoms with Crippen molar-refractivity contribution in [2.75, 3.05) is 0 Å². The topological polar surface area (TPSA) is 80.4 Å². The quantitative estimate of drug-likeness (QED) is 0.421. The van der Waals surface area contributed by atoms with Crippen LogP contribution in [-0.2, 0) is 6.42 Å². The van der Waals surface area contributed by atoms with E-state index in [4.69, 9.17) is 4.42 Å². The van der Waals surface area contributed by atoms with Gasteiger partial charge in [0.1, 0.15) is 5.52 Å². The van der Waals surface area contributed by atoms with Crippen LogP contribution in [0.4, 0.5) is 8.78 Å². The number of hydrogen-bond acceptors (Lipinski definition) is 5. The van der Waals surface area contributed by atoms with E-state index in [-0.39, 0.29) is 39.4 Å². The molecular formula is C22H15F2NO4S. The molecule has 4 rings (SSSR count). The third-order valence-corrected chi connectivity index (χ3v) is 5.80. The van der Waals surface area contributed by atoms with E-state index in [1.807, 2.05) is 13.0 Å². The predicted octanol–water partition coefficient (Wildman–Crippen LogP) is 5.57. The first-order valence-electron chi connectivity index (χ1n) is 8.95. The van der Waals surface area contributed by atoms with Crippen molar-refractivity contribution in [3.63, 3.8) is 0 Å². The first kappa shape index (κ1) is 19.9. The number of benzene rings is 2. The molecule has 1 N–H and O–H groups in total. The van der Waals surface area contributed by atoms with Gasteiger partial charge < -0.3 is 9.52 Å². The predicted molar refractivity (Wildman–Crippen MR) is 108 cm³/mol. The minimum absolute atomic E-state index is 0.0508. The van der Waals surface area contributed by atoms with Crippen molar-refractivity contribution in [1.29, 1.82) is 0 Å². The Kier molecular flexibility index (Phi) is 4.95. The fourth-order valence-corrected chi connectivity index (χ4v) is 4.26. The highest BCUT2D eigenvalue weighted by Crippen LogP contribution is 2.36. The number of oxazole rings is 1. The molecule has 0 unspecified atom stereocenters. The molecule has 2 heterocycles. The SMILES string of the molecule is Cc1ccc2nc(C(=O)Cc3csc(-c4ccc(C)c(F)c4F)c3C(=O)O)oc2c1. The van der Waals surface area contributed by atoms with E-state index in [9.17, 15) is 23.5 Å². The number of thiophene rings is 1. The molecule has 30 heavy (non-hydrogen) atoms. The summed E-state index contributed by atoms with van der Waals surface area (Å²) in [6.45, 7) is 3.29. The maximum absolute atomic E-state index is 14.4. The summed E-state index contributed by atoms with van der Waals surface area (Å²) < 4.78 is 33.9. The minimum Gasteiger partial charge on any atom is -0.478 e. The molecule has 4 aromatic rings. The van der Waals surface area contributed by atoms with Crippen molar-refractivity contribution in [2.24, 2.45) is 0 Å². The smallest absolute Gasteiger partial charge is 0.337 e. The van der Waals surface area contributed by atoms with E-state index >= 15 is 0 Å². The van der Waals surface area contributed by atoms with Gasteiger partial charge in [-0.25, -0.2) is 18.6 Å². The summed E-state index contributed by atoms with van der Waals surface area (Å²) in [6, 6.07) is 8.03. The highest BCUT2D eigenvalue weighted by Gasteiger charge is 2.26. The second-order valence-corrected chi connectivity index (χ2v) is 7.80. The van der Waals surface area contributed by atoms with Crippen LogP contribution in [0.3, 0.4) is 0 Å². The zero-order valence-electron chi connectivity index (χ0n) is 16.0. The third-order valence-electron chi connectivity index (χ3n) is 4.73. The second kappa shape index (κ2) is 7.46. The number of carbonyl (C=O) groups excluding carboxylic acids is 1. The number of hydrogen-bond donors (Lipinski definition) is 1. The summed E-state index contributed by atoms with van der Waals surface area (Å²) in [6.07, 6.45) is -0.292. The minimum atomic E-state index is -1.33. The van der Waals surface area contributed by atoms with Gasteiger partial charge in [0.15, 0.2) is 17.2 Å². The molecule has 0 saturated heterocycles. The third kappa shape index (κ3) is 3.39. The highest BCUT2D eigenvalue weighted by atomic mass is 32.1. The molecule has 0 amide bonds. The van der Waals surface area contributed by atoms with E-state index in [2.05, 4.69) is 4.98 Å². The zero-order chi connectivity index (χ0) is 21.6. The normalized spacial score (nSPS) is 11.2. The molecule has 0 aliphatic rings. The van der Waals surface area contributed by atoms with Crippen LogP contribution >= 0.6 is 11.3 Å². The number of nitrogens with zero attached hydrogens (tertiary/aromatic N) is 1. The lowest BCUT2D eigenvalue weighted by atomic mass is 10.0. The van der Waals surface area contributed by atoms with E-state index < -0.39 is 23.4 Å². The summed E-state index contributed by atoms with van der Waals surface area (Å²) >= 11 is 0.940. The zero-order valence-corrected chi connectivity index (χ0v) is 16.8. The Morgan fingerprint density at radius 2 is 1.90 bits per heavy atom. The van der Waals surface area contributed by atoms with Crippen molar-refractivity contribution in [2.45, 2.75) is 20.3 Å². The van der Waals surface area contributed by atoms with Crippen LogP contribution in [-0.4, -0.2) is 21.8 Å². The van der Waals surface area contributed by atoms with Crippen LogP contribution in [0, 0.1) is 25.5 Å². The lowest BCUT2D eigenvalue weighted by molar-refractivity contribution is 0.0697. The molecule has 0 aliphatic carbocycles. The Labute approximate surface area is 173 Å². The van der Waals surface area contributed by atoms with Crippen LogP contribution < -0.4 is 0 Å². The molecule has 2 aromatic heterocycles. The maximum Gasteiger partial charge on any atom is 0.337 e. The monoisotopic (exact) mass is 427 g/mol. The Morgan fingerprint density at radius 3 is 2.63 bits per heavy atom. The number of fused-ring (bicyclic) bond motifs is 1. The van der Waals surface area contributed by atoms with Gasteiger partial charge in [0.05, 0.1) is 10.4 Å². The molecule has 0 fully saturated rings. The lowest BCUT2D eigenvalue weighted by Crippen LogP contribution is -2.08. The van der Waals surface area contributed by atoms with Gasteiger partial charge in [-0.2, -0.15) is 0 Å². The molecule has 0 saturated carbocycles. The molecule has 2 aromatic carbocycles. The van der Waals surface area contributed by atoms with Gasteiger partial charge in [0, 0.05) is 12.0 Å². The van der Waals surface area contributed by atoms with Gasteiger partial charge in [-0.3, -0.25) is 4.79 Å². The molecule has 8 heteroatoms. The van der Waals surface area contributed by atoms with E-state index in [0.717, 1.165) is 16.9 Å². The van der Waals surface area contributed by atoms with E-state index in [0.29, 0.717) is 11.1 Å². The van der Waals surface area contributed by atoms with Crippen molar-refractivity contribution in [1.82, 2.24) is 4.98 Å². The molecule has 0 spiro atoms. The lowest BCUT2D eigenvalue weighted by Gasteiger charge is -2.06. The van der Waals surface area contributed by atoms with Crippen LogP contribution in [0.15, 0.2) is 40.1 Å². The fourth-order valence-electron chi connectivity index (χ4n) is 3.18. The molecule has 0 bridgehead atoms. The largest absolute Gasteiger partial charge is 0.478 e. The van der Waals surface area contributed by atoms with Crippen LogP contribution in [0.2, 0.25) is 0 Å². The fraction of sp³-hybridized carbons (Fsp3) is 0.136. The Bertz CT molecular complexity index is 1320. The number of rotatable bonds is 5. The Balaban J connectivity index is 1.72. The summed E-state index contributed by atoms with van der Waals surface area (Å²) in [4.78, 5) is 28.8. The van der Waals surface area contributed by atoms with Gasteiger partial charge in [0.2, 0.25) is 5.78 Å². The average molecular weight is 427 g/mol. The number of ketones is 1. The number of carbonyl (C=O) groups is 2. The summed E-state index contributed by atoms with van der Waals surface area (Å²) in [5, 5.41) is 11.1. The number of halogens is 2. The van der Waals surface area contributed by atoms with Crippen LogP contribution in [0.5, 0.6) is 0 Å². The first-order chi connectivity index (χ1) is 14.3. The number of Topliss-reactive ketones (excluding diaryl/α,β-unsaturated/α-hetero) is 1. The Morgan fingerprint density at radius 1 is 1.13 bits per heavy atom. The number of aromatic nitrogens is 1. The second-order valence-electron chi connectivity index (χ2n) is 6.92. The summed E-state index contributed by atoms with van der Waals surface area (Å²) in [5.74, 6) is -4.12. The molecular weight excluding hydrogens is 412 g/mol. The summed E-state index contributed by atoms with van der Waals surface area (Å²) in [7, 11) is 0. The first-order valence-corrected chi connectivity index (χ1v) is 9.83. The molecule has 5 nitrogen and oxygen atoms in total. The number of aryl methyl sites for hydroxylation is 2. The van der Waals surface area contributed by atoms with Crippen LogP contribution in [0.1, 0.15) is 37.7 Å². The van der Waals surface area contributed by atoms with Gasteiger partial charge in [-0.05, 0) is 48.1 Å². The maximum atomic E-state index is 14.4. The summed E-state index contributed by atoms with van der Waals surface area (Å²) in [5.41, 5.74) is 1.84. The Hall–Kier alpha value is -3.39. The van der Waals surface area contributed by atoms with Crippen molar-refractivity contribution in [3.05, 3.63) is 75.5 Å².